The first-order valence-corrected chi connectivity index (χ1v) is 10.1. The van der Waals surface area contributed by atoms with E-state index in [1.807, 2.05) is 13.1 Å². The van der Waals surface area contributed by atoms with Crippen LogP contribution in [0.25, 0.3) is 10.9 Å². The van der Waals surface area contributed by atoms with Crippen molar-refractivity contribution in [3.05, 3.63) is 53.0 Å². The monoisotopic (exact) mass is 519 g/mol. The van der Waals surface area contributed by atoms with E-state index in [9.17, 15) is 0 Å². The van der Waals surface area contributed by atoms with Crippen LogP contribution in [0.2, 0.25) is 0 Å². The van der Waals surface area contributed by atoms with Gasteiger partial charge < -0.3 is 20.1 Å². The molecule has 1 aliphatic heterocycles. The molecule has 1 fully saturated rings. The Morgan fingerprint density at radius 1 is 1.10 bits per heavy atom. The molecule has 30 heavy (non-hydrogen) atoms. The third-order valence-corrected chi connectivity index (χ3v) is 5.71. The van der Waals surface area contributed by atoms with Crippen molar-refractivity contribution in [2.24, 2.45) is 4.99 Å². The first-order valence-electron chi connectivity index (χ1n) is 10.1. The number of aromatic nitrogens is 3. The predicted octanol–water partition coefficient (Wildman–Crippen LogP) is 3.40. The summed E-state index contributed by atoms with van der Waals surface area (Å²) < 4.78 is 0. The number of hydrogen-bond donors (Lipinski definition) is 2. The highest BCUT2D eigenvalue weighted by Gasteiger charge is 2.21. The minimum Gasteiger partial charge on any atom is -0.358 e. The number of aromatic amines is 1. The first-order chi connectivity index (χ1) is 14.1. The van der Waals surface area contributed by atoms with E-state index in [0.717, 1.165) is 44.6 Å². The summed E-state index contributed by atoms with van der Waals surface area (Å²) in [6.07, 6.45) is 3.59. The maximum Gasteiger partial charge on any atom is 0.225 e. The highest BCUT2D eigenvalue weighted by molar-refractivity contribution is 14.0. The number of halogens is 1. The van der Waals surface area contributed by atoms with Gasteiger partial charge in [-0.3, -0.25) is 4.99 Å². The Morgan fingerprint density at radius 3 is 2.47 bits per heavy atom. The summed E-state index contributed by atoms with van der Waals surface area (Å²) in [4.78, 5) is 21.3. The van der Waals surface area contributed by atoms with Crippen LogP contribution < -0.4 is 10.2 Å². The third kappa shape index (κ3) is 4.53. The number of nitrogens with zero attached hydrogens (tertiary/aromatic N) is 5. The molecule has 0 unspecified atom stereocenters. The topological polar surface area (TPSA) is 72.4 Å². The Bertz CT molecular complexity index is 1020. The van der Waals surface area contributed by atoms with Crippen LogP contribution in [0, 0.1) is 20.8 Å². The van der Waals surface area contributed by atoms with Gasteiger partial charge in [-0.25, -0.2) is 9.97 Å². The number of benzene rings is 1. The minimum absolute atomic E-state index is 0. The second-order valence-electron chi connectivity index (χ2n) is 7.65. The van der Waals surface area contributed by atoms with Crippen molar-refractivity contribution in [1.29, 1.82) is 0 Å². The average molecular weight is 519 g/mol. The van der Waals surface area contributed by atoms with Gasteiger partial charge in [-0.05, 0) is 44.0 Å². The highest BCUT2D eigenvalue weighted by atomic mass is 127. The summed E-state index contributed by atoms with van der Waals surface area (Å²) in [5, 5.41) is 4.88. The van der Waals surface area contributed by atoms with Gasteiger partial charge in [-0.15, -0.1) is 24.0 Å². The molecule has 1 saturated heterocycles. The largest absolute Gasteiger partial charge is 0.358 e. The number of aliphatic imine (C=N–C) groups is 1. The maximum absolute atomic E-state index is 4.52. The zero-order valence-corrected chi connectivity index (χ0v) is 20.4. The van der Waals surface area contributed by atoms with Crippen molar-refractivity contribution in [3.8, 4) is 0 Å². The van der Waals surface area contributed by atoms with Crippen molar-refractivity contribution in [2.75, 3.05) is 38.1 Å². The molecule has 7 nitrogen and oxygen atoms in total. The lowest BCUT2D eigenvalue weighted by Crippen LogP contribution is -2.52. The second kappa shape index (κ2) is 9.63. The van der Waals surface area contributed by atoms with Crippen LogP contribution in [-0.4, -0.2) is 59.0 Å². The van der Waals surface area contributed by atoms with Gasteiger partial charge in [0.15, 0.2) is 5.96 Å². The van der Waals surface area contributed by atoms with E-state index in [-0.39, 0.29) is 24.0 Å². The molecule has 0 amide bonds. The summed E-state index contributed by atoms with van der Waals surface area (Å²) in [5.41, 5.74) is 6.33. The van der Waals surface area contributed by atoms with Gasteiger partial charge in [0, 0.05) is 63.2 Å². The molecule has 2 aromatic heterocycles. The number of fused-ring (bicyclic) bond motifs is 1. The molecule has 4 rings (SSSR count). The summed E-state index contributed by atoms with van der Waals surface area (Å²) in [7, 11) is 1.85. The molecule has 1 aliphatic rings. The van der Waals surface area contributed by atoms with Crippen LogP contribution in [0.15, 0.2) is 35.6 Å². The van der Waals surface area contributed by atoms with Crippen LogP contribution in [0.3, 0.4) is 0 Å². The Morgan fingerprint density at radius 2 is 1.80 bits per heavy atom. The van der Waals surface area contributed by atoms with Crippen molar-refractivity contribution in [3.63, 3.8) is 0 Å². The number of H-pyrrole nitrogens is 1. The number of aryl methyl sites for hydroxylation is 3. The zero-order chi connectivity index (χ0) is 20.4. The van der Waals surface area contributed by atoms with Gasteiger partial charge in [0.05, 0.1) is 5.52 Å². The van der Waals surface area contributed by atoms with Gasteiger partial charge in [-0.1, -0.05) is 11.6 Å². The average Bonchev–Trinajstić information content (AvgIpc) is 3.03. The summed E-state index contributed by atoms with van der Waals surface area (Å²) in [5.74, 6) is 1.74. The van der Waals surface area contributed by atoms with Crippen LogP contribution in [0.4, 0.5) is 5.95 Å². The van der Waals surface area contributed by atoms with Crippen LogP contribution in [0.1, 0.15) is 22.4 Å². The fourth-order valence-electron chi connectivity index (χ4n) is 4.01. The van der Waals surface area contributed by atoms with Gasteiger partial charge >= 0.3 is 0 Å². The Kier molecular flexibility index (Phi) is 7.17. The molecule has 3 heterocycles. The Hall–Kier alpha value is -2.36. The molecule has 0 bridgehead atoms. The molecule has 0 spiro atoms. The molecule has 0 aliphatic carbocycles. The van der Waals surface area contributed by atoms with E-state index in [1.54, 1.807) is 12.4 Å². The number of piperazine rings is 1. The lowest BCUT2D eigenvalue weighted by Gasteiger charge is -2.36. The van der Waals surface area contributed by atoms with Crippen LogP contribution >= 0.6 is 24.0 Å². The number of anilines is 1. The molecular formula is C22H30IN7. The Balaban J connectivity index is 0.00000256. The quantitative estimate of drug-likeness (QED) is 0.316. The predicted molar refractivity (Wildman–Crippen MR) is 134 cm³/mol. The smallest absolute Gasteiger partial charge is 0.225 e. The fourth-order valence-corrected chi connectivity index (χ4v) is 4.01. The van der Waals surface area contributed by atoms with Crippen molar-refractivity contribution in [2.45, 2.75) is 27.3 Å². The maximum atomic E-state index is 4.52. The molecule has 1 aromatic carbocycles. The van der Waals surface area contributed by atoms with E-state index in [4.69, 9.17) is 0 Å². The van der Waals surface area contributed by atoms with Gasteiger partial charge in [0.2, 0.25) is 5.95 Å². The highest BCUT2D eigenvalue weighted by Crippen LogP contribution is 2.26. The second-order valence-corrected chi connectivity index (χ2v) is 7.65. The molecule has 8 heteroatoms. The molecule has 160 valence electrons. The zero-order valence-electron chi connectivity index (χ0n) is 18.1. The van der Waals surface area contributed by atoms with Crippen molar-refractivity contribution < 1.29 is 0 Å². The Labute approximate surface area is 195 Å². The van der Waals surface area contributed by atoms with E-state index >= 15 is 0 Å². The number of guanidine groups is 1. The molecular weight excluding hydrogens is 489 g/mol. The van der Waals surface area contributed by atoms with Gasteiger partial charge in [0.1, 0.15) is 0 Å². The number of hydrogen-bond acceptors (Lipinski definition) is 4. The van der Waals surface area contributed by atoms with Crippen LogP contribution in [0.5, 0.6) is 0 Å². The number of rotatable bonds is 3. The fraction of sp³-hybridized carbons (Fsp3) is 0.409. The van der Waals surface area contributed by atoms with Crippen LogP contribution in [-0.2, 0) is 6.54 Å². The first kappa shape index (κ1) is 22.3. The van der Waals surface area contributed by atoms with E-state index < -0.39 is 0 Å². The standard InChI is InChI=1S/C22H29N7.HI/c1-15-12-18(20-19(13-15)16(2)17(3)27-20)14-26-21(23-4)28-8-10-29(11-9-28)22-24-6-5-7-25-22;/h5-7,12-13,27H,8-11,14H2,1-4H3,(H,23,26);1H. The summed E-state index contributed by atoms with van der Waals surface area (Å²) >= 11 is 0. The van der Waals surface area contributed by atoms with Crippen molar-refractivity contribution in [1.82, 2.24) is 25.2 Å². The molecule has 0 saturated carbocycles. The number of nitrogens with one attached hydrogen (secondary N) is 2. The van der Waals surface area contributed by atoms with E-state index in [2.05, 4.69) is 68.0 Å². The SMILES string of the molecule is CN=C(NCc1cc(C)cc2c(C)c(C)[nH]c12)N1CCN(c2ncccn2)CC1.I. The molecule has 0 radical (unpaired) electrons. The molecule has 2 N–H and O–H groups in total. The molecule has 3 aromatic rings. The van der Waals surface area contributed by atoms with E-state index in [1.165, 1.54) is 33.3 Å². The normalized spacial score (nSPS) is 14.7. The lowest BCUT2D eigenvalue weighted by molar-refractivity contribution is 0.370. The van der Waals surface area contributed by atoms with E-state index in [0.29, 0.717) is 0 Å². The molecule has 0 atom stereocenters. The minimum atomic E-state index is 0. The summed E-state index contributed by atoms with van der Waals surface area (Å²) in [6.45, 7) is 10.8. The van der Waals surface area contributed by atoms with Gasteiger partial charge in [-0.2, -0.15) is 0 Å². The van der Waals surface area contributed by atoms with Gasteiger partial charge in [0.25, 0.3) is 0 Å². The summed E-state index contributed by atoms with van der Waals surface area (Å²) in [6, 6.07) is 6.36. The third-order valence-electron chi connectivity index (χ3n) is 5.71. The van der Waals surface area contributed by atoms with Crippen molar-refractivity contribution >= 4 is 46.8 Å². The lowest BCUT2D eigenvalue weighted by atomic mass is 10.0.